The first-order chi connectivity index (χ1) is 20.5. The Morgan fingerprint density at radius 2 is 1.52 bits per heavy atom. The second kappa shape index (κ2) is 14.6. The van der Waals surface area contributed by atoms with Crippen molar-refractivity contribution < 1.29 is 19.1 Å². The lowest BCUT2D eigenvalue weighted by Gasteiger charge is -2.31. The normalized spacial score (nSPS) is 16.1. The van der Waals surface area contributed by atoms with E-state index in [1.165, 1.54) is 0 Å². The van der Waals surface area contributed by atoms with Crippen LogP contribution in [0.15, 0.2) is 78.9 Å². The maximum absolute atomic E-state index is 12.7. The Kier molecular flexibility index (Phi) is 10.2. The monoisotopic (exact) mass is 569 g/mol. The molecule has 0 aromatic heterocycles. The Balaban J connectivity index is 1.01. The summed E-state index contributed by atoms with van der Waals surface area (Å²) in [5.41, 5.74) is 3.83. The Hall–Kier alpha value is -4.21. The maximum Gasteiger partial charge on any atom is 0.411 e. The first-order valence-electron chi connectivity index (χ1n) is 14.8. The number of rotatable bonds is 10. The summed E-state index contributed by atoms with van der Waals surface area (Å²) in [6, 6.07) is 24.7. The van der Waals surface area contributed by atoms with Crippen molar-refractivity contribution in [1.82, 2.24) is 15.1 Å². The standard InChI is InChI=1S/C33H39N5O4/c39-31(24-38-18-6-7-19-38)35-27-12-8-11-26(23-27)32(40)34-17-22-37-20-15-28(16-21-37)42-33(41)36-30-14-5-4-13-29(30)25-9-2-1-3-10-25/h1-5,8-14,23,28H,6-7,15-22,24H2,(H,34,40)(H,35,39)(H,36,41). The third kappa shape index (κ3) is 8.41. The number of likely N-dealkylation sites (tertiary alicyclic amines) is 2. The molecule has 0 unspecified atom stereocenters. The van der Waals surface area contributed by atoms with Gasteiger partial charge in [-0.15, -0.1) is 0 Å². The molecule has 0 radical (unpaired) electrons. The van der Waals surface area contributed by atoms with Gasteiger partial charge in [-0.05, 0) is 68.6 Å². The van der Waals surface area contributed by atoms with Crippen LogP contribution in [0.4, 0.5) is 16.2 Å². The lowest BCUT2D eigenvalue weighted by atomic mass is 10.0. The van der Waals surface area contributed by atoms with Crippen LogP contribution in [0, 0.1) is 0 Å². The number of hydrogen-bond acceptors (Lipinski definition) is 6. The average molecular weight is 570 g/mol. The molecule has 2 fully saturated rings. The number of nitrogens with one attached hydrogen (secondary N) is 3. The van der Waals surface area contributed by atoms with Gasteiger partial charge in [-0.2, -0.15) is 0 Å². The summed E-state index contributed by atoms with van der Waals surface area (Å²) in [6.07, 6.45) is 3.15. The van der Waals surface area contributed by atoms with E-state index in [0.717, 1.165) is 68.7 Å². The van der Waals surface area contributed by atoms with E-state index in [4.69, 9.17) is 4.74 Å². The van der Waals surface area contributed by atoms with Gasteiger partial charge in [0.1, 0.15) is 6.10 Å². The van der Waals surface area contributed by atoms with Crippen LogP contribution >= 0.6 is 0 Å². The third-order valence-corrected chi connectivity index (χ3v) is 7.74. The van der Waals surface area contributed by atoms with Crippen LogP contribution in [0.5, 0.6) is 0 Å². The Bertz CT molecular complexity index is 1350. The zero-order valence-electron chi connectivity index (χ0n) is 23.9. The number of benzene rings is 3. The number of anilines is 2. The van der Waals surface area contributed by atoms with Gasteiger partial charge in [-0.25, -0.2) is 4.79 Å². The largest absolute Gasteiger partial charge is 0.446 e. The van der Waals surface area contributed by atoms with Crippen LogP contribution in [0.2, 0.25) is 0 Å². The van der Waals surface area contributed by atoms with Crippen molar-refractivity contribution >= 4 is 29.3 Å². The minimum atomic E-state index is -0.446. The molecule has 2 saturated heterocycles. The van der Waals surface area contributed by atoms with Crippen molar-refractivity contribution in [3.8, 4) is 11.1 Å². The fourth-order valence-corrected chi connectivity index (χ4v) is 5.52. The lowest BCUT2D eigenvalue weighted by Crippen LogP contribution is -2.42. The molecule has 220 valence electrons. The van der Waals surface area contributed by atoms with Gasteiger partial charge in [-0.1, -0.05) is 54.6 Å². The Morgan fingerprint density at radius 3 is 2.31 bits per heavy atom. The van der Waals surface area contributed by atoms with Crippen LogP contribution in [-0.2, 0) is 9.53 Å². The van der Waals surface area contributed by atoms with E-state index in [1.807, 2.05) is 54.6 Å². The minimum absolute atomic E-state index is 0.0590. The first-order valence-corrected chi connectivity index (χ1v) is 14.8. The molecule has 2 aliphatic heterocycles. The van der Waals surface area contributed by atoms with E-state index in [1.54, 1.807) is 24.3 Å². The van der Waals surface area contributed by atoms with Gasteiger partial charge in [-0.3, -0.25) is 19.8 Å². The van der Waals surface area contributed by atoms with Gasteiger partial charge >= 0.3 is 6.09 Å². The van der Waals surface area contributed by atoms with Crippen LogP contribution in [-0.4, -0.2) is 79.6 Å². The molecule has 0 saturated carbocycles. The summed E-state index contributed by atoms with van der Waals surface area (Å²) in [5, 5.41) is 8.79. The molecule has 0 bridgehead atoms. The van der Waals surface area contributed by atoms with Gasteiger partial charge in [0.25, 0.3) is 5.91 Å². The summed E-state index contributed by atoms with van der Waals surface area (Å²) < 4.78 is 5.73. The molecule has 9 heteroatoms. The van der Waals surface area contributed by atoms with E-state index in [0.29, 0.717) is 30.9 Å². The molecule has 0 spiro atoms. The molecular formula is C33H39N5O4. The summed E-state index contributed by atoms with van der Waals surface area (Å²) in [7, 11) is 0. The number of piperidine rings is 1. The molecular weight excluding hydrogens is 530 g/mol. The van der Waals surface area contributed by atoms with E-state index in [9.17, 15) is 14.4 Å². The van der Waals surface area contributed by atoms with E-state index >= 15 is 0 Å². The number of ether oxygens (including phenoxy) is 1. The molecule has 3 aromatic carbocycles. The third-order valence-electron chi connectivity index (χ3n) is 7.74. The highest BCUT2D eigenvalue weighted by atomic mass is 16.6. The number of carbonyl (C=O) groups is 3. The summed E-state index contributed by atoms with van der Waals surface area (Å²) in [5.74, 6) is -0.229. The fourth-order valence-electron chi connectivity index (χ4n) is 5.52. The SMILES string of the molecule is O=C(CN1CCCC1)Nc1cccc(C(=O)NCCN2CCC(OC(=O)Nc3ccccc3-c3ccccc3)CC2)c1. The van der Waals surface area contributed by atoms with Crippen molar-refractivity contribution in [2.24, 2.45) is 0 Å². The van der Waals surface area contributed by atoms with Crippen molar-refractivity contribution in [2.45, 2.75) is 31.8 Å². The molecule has 2 aliphatic rings. The molecule has 3 amide bonds. The van der Waals surface area contributed by atoms with Crippen molar-refractivity contribution in [1.29, 1.82) is 0 Å². The Morgan fingerprint density at radius 1 is 0.786 bits per heavy atom. The Labute approximate surface area is 247 Å². The quantitative estimate of drug-likeness (QED) is 0.323. The lowest BCUT2D eigenvalue weighted by molar-refractivity contribution is -0.117. The molecule has 2 heterocycles. The first kappa shape index (κ1) is 29.3. The predicted octanol–water partition coefficient (Wildman–Crippen LogP) is 4.83. The molecule has 3 aromatic rings. The maximum atomic E-state index is 12.7. The van der Waals surface area contributed by atoms with Crippen molar-refractivity contribution in [3.63, 3.8) is 0 Å². The highest BCUT2D eigenvalue weighted by molar-refractivity contribution is 5.97. The molecule has 42 heavy (non-hydrogen) atoms. The highest BCUT2D eigenvalue weighted by Gasteiger charge is 2.23. The number of hydrogen-bond donors (Lipinski definition) is 3. The van der Waals surface area contributed by atoms with E-state index in [2.05, 4.69) is 25.8 Å². The fraction of sp³-hybridized carbons (Fsp3) is 0.364. The predicted molar refractivity (Wildman–Crippen MR) is 165 cm³/mol. The zero-order chi connectivity index (χ0) is 29.1. The topological polar surface area (TPSA) is 103 Å². The van der Waals surface area contributed by atoms with Gasteiger partial charge in [0.15, 0.2) is 0 Å². The van der Waals surface area contributed by atoms with Crippen LogP contribution in [0.3, 0.4) is 0 Å². The van der Waals surface area contributed by atoms with Gasteiger partial charge in [0.2, 0.25) is 5.91 Å². The van der Waals surface area contributed by atoms with Gasteiger partial charge in [0, 0.05) is 43.0 Å². The van der Waals surface area contributed by atoms with Gasteiger partial charge in [0.05, 0.1) is 12.2 Å². The van der Waals surface area contributed by atoms with Gasteiger partial charge < -0.3 is 20.3 Å². The molecule has 9 nitrogen and oxygen atoms in total. The average Bonchev–Trinajstić information content (AvgIpc) is 3.52. The molecule has 5 rings (SSSR count). The van der Waals surface area contributed by atoms with Crippen LogP contribution in [0.25, 0.3) is 11.1 Å². The van der Waals surface area contributed by atoms with E-state index in [-0.39, 0.29) is 17.9 Å². The number of nitrogens with zero attached hydrogens (tertiary/aromatic N) is 2. The van der Waals surface area contributed by atoms with E-state index < -0.39 is 6.09 Å². The zero-order valence-corrected chi connectivity index (χ0v) is 23.9. The molecule has 0 aliphatic carbocycles. The van der Waals surface area contributed by atoms with Crippen LogP contribution in [0.1, 0.15) is 36.0 Å². The number of amides is 3. The number of para-hydroxylation sites is 1. The second-order valence-electron chi connectivity index (χ2n) is 10.9. The molecule has 0 atom stereocenters. The smallest absolute Gasteiger partial charge is 0.411 e. The highest BCUT2D eigenvalue weighted by Crippen LogP contribution is 2.28. The van der Waals surface area contributed by atoms with Crippen molar-refractivity contribution in [3.05, 3.63) is 84.4 Å². The summed E-state index contributed by atoms with van der Waals surface area (Å²) >= 11 is 0. The second-order valence-corrected chi connectivity index (χ2v) is 10.9. The van der Waals surface area contributed by atoms with Crippen LogP contribution < -0.4 is 16.0 Å². The van der Waals surface area contributed by atoms with Crippen molar-refractivity contribution in [2.75, 3.05) is 56.4 Å². The summed E-state index contributed by atoms with van der Waals surface area (Å²) in [4.78, 5) is 42.1. The number of carbonyl (C=O) groups excluding carboxylic acids is 3. The summed E-state index contributed by atoms with van der Waals surface area (Å²) in [6.45, 7) is 5.08. The minimum Gasteiger partial charge on any atom is -0.446 e. The molecule has 3 N–H and O–H groups in total.